The van der Waals surface area contributed by atoms with Crippen LogP contribution in [0.4, 0.5) is 0 Å². The van der Waals surface area contributed by atoms with Gasteiger partial charge in [0.05, 0.1) is 11.5 Å². The van der Waals surface area contributed by atoms with Crippen LogP contribution in [0.2, 0.25) is 0 Å². The number of hydrogen-bond acceptors (Lipinski definition) is 5. The molecule has 114 valence electrons. The van der Waals surface area contributed by atoms with Gasteiger partial charge >= 0.3 is 5.97 Å². The first-order valence-electron chi connectivity index (χ1n) is 6.49. The smallest absolute Gasteiger partial charge is 0.348 e. The Balaban J connectivity index is 2.37. The average Bonchev–Trinajstić information content (AvgIpc) is 2.90. The molecule has 22 heavy (non-hydrogen) atoms. The van der Waals surface area contributed by atoms with Gasteiger partial charge in [0.25, 0.3) is 9.05 Å². The number of carbonyl (C=O) groups is 1. The number of hydrogen-bond donors (Lipinski definition) is 0. The number of rotatable bonds is 3. The number of benzene rings is 2. The summed E-state index contributed by atoms with van der Waals surface area (Å²) in [5.41, 5.74) is 0. The highest BCUT2D eigenvalue weighted by molar-refractivity contribution is 8.14. The van der Waals surface area contributed by atoms with Gasteiger partial charge < -0.3 is 4.74 Å². The summed E-state index contributed by atoms with van der Waals surface area (Å²) in [6, 6.07) is 10.2. The van der Waals surface area contributed by atoms with Crippen LogP contribution in [0.25, 0.3) is 20.9 Å². The summed E-state index contributed by atoms with van der Waals surface area (Å²) < 4.78 is 29.5. The van der Waals surface area contributed by atoms with Crippen molar-refractivity contribution in [2.75, 3.05) is 6.61 Å². The van der Waals surface area contributed by atoms with Crippen molar-refractivity contribution in [1.82, 2.24) is 0 Å². The molecule has 0 radical (unpaired) electrons. The van der Waals surface area contributed by atoms with E-state index in [0.717, 1.165) is 10.1 Å². The second kappa shape index (κ2) is 5.53. The highest BCUT2D eigenvalue weighted by Crippen LogP contribution is 2.37. The van der Waals surface area contributed by atoms with E-state index in [2.05, 4.69) is 0 Å². The number of ether oxygens (including phenoxy) is 1. The monoisotopic (exact) mass is 354 g/mol. The molecule has 4 nitrogen and oxygen atoms in total. The van der Waals surface area contributed by atoms with E-state index in [4.69, 9.17) is 15.4 Å². The second-order valence-corrected chi connectivity index (χ2v) is 8.19. The standard InChI is InChI=1S/C15H11ClO4S2/c1-2-20-15(17)12-7-9-8-13(22(16,18)19)10-5-3-4-6-11(10)14(9)21-12/h3-8H,2H2,1H3. The molecular weight excluding hydrogens is 344 g/mol. The molecule has 2 aromatic carbocycles. The van der Waals surface area contributed by atoms with Gasteiger partial charge in [-0.15, -0.1) is 11.3 Å². The highest BCUT2D eigenvalue weighted by Gasteiger charge is 2.19. The van der Waals surface area contributed by atoms with Gasteiger partial charge in [0.1, 0.15) is 4.88 Å². The molecule has 7 heteroatoms. The van der Waals surface area contributed by atoms with Crippen molar-refractivity contribution in [2.24, 2.45) is 0 Å². The predicted octanol–water partition coefficient (Wildman–Crippen LogP) is 4.16. The Labute approximate surface area is 135 Å². The van der Waals surface area contributed by atoms with E-state index >= 15 is 0 Å². The Hall–Kier alpha value is -1.63. The molecule has 0 N–H and O–H groups in total. The summed E-state index contributed by atoms with van der Waals surface area (Å²) >= 11 is 1.28. The van der Waals surface area contributed by atoms with Crippen LogP contribution in [0.5, 0.6) is 0 Å². The van der Waals surface area contributed by atoms with Gasteiger partial charge in [0, 0.05) is 26.2 Å². The molecular formula is C15H11ClO4S2. The fraction of sp³-hybridized carbons (Fsp3) is 0.133. The molecule has 0 bridgehead atoms. The molecule has 0 amide bonds. The maximum absolute atomic E-state index is 11.9. The van der Waals surface area contributed by atoms with Crippen molar-refractivity contribution in [1.29, 1.82) is 0 Å². The Morgan fingerprint density at radius 3 is 2.55 bits per heavy atom. The van der Waals surface area contributed by atoms with Crippen LogP contribution >= 0.6 is 22.0 Å². The normalized spacial score (nSPS) is 11.9. The lowest BCUT2D eigenvalue weighted by molar-refractivity contribution is 0.0532. The van der Waals surface area contributed by atoms with E-state index in [1.807, 2.05) is 12.1 Å². The molecule has 0 aliphatic carbocycles. The van der Waals surface area contributed by atoms with Gasteiger partial charge in [-0.2, -0.15) is 0 Å². The van der Waals surface area contributed by atoms with Crippen molar-refractivity contribution in [3.05, 3.63) is 41.3 Å². The van der Waals surface area contributed by atoms with Gasteiger partial charge in [0.2, 0.25) is 0 Å². The lowest BCUT2D eigenvalue weighted by Crippen LogP contribution is -2.01. The fourth-order valence-electron chi connectivity index (χ4n) is 2.34. The molecule has 1 aromatic heterocycles. The SMILES string of the molecule is CCOC(=O)c1cc2cc(S(=O)(=O)Cl)c3ccccc3c2s1. The zero-order valence-corrected chi connectivity index (χ0v) is 13.9. The number of esters is 1. The zero-order chi connectivity index (χ0) is 15.9. The van der Waals surface area contributed by atoms with Crippen molar-refractivity contribution in [3.8, 4) is 0 Å². The quantitative estimate of drug-likeness (QED) is 0.523. The topological polar surface area (TPSA) is 60.4 Å². The Morgan fingerprint density at radius 1 is 1.23 bits per heavy atom. The summed E-state index contributed by atoms with van der Waals surface area (Å²) in [6.07, 6.45) is 0. The van der Waals surface area contributed by atoms with Gasteiger partial charge in [-0.1, -0.05) is 24.3 Å². The van der Waals surface area contributed by atoms with E-state index in [0.29, 0.717) is 15.6 Å². The predicted molar refractivity (Wildman–Crippen MR) is 88.3 cm³/mol. The van der Waals surface area contributed by atoms with Crippen LogP contribution in [0.15, 0.2) is 41.3 Å². The molecule has 0 saturated carbocycles. The minimum Gasteiger partial charge on any atom is -0.462 e. The molecule has 0 unspecified atom stereocenters. The second-order valence-electron chi connectivity index (χ2n) is 4.61. The number of fused-ring (bicyclic) bond motifs is 3. The van der Waals surface area contributed by atoms with Gasteiger partial charge in [-0.3, -0.25) is 0 Å². The number of thiophene rings is 1. The Kier molecular flexibility index (Phi) is 3.84. The third kappa shape index (κ3) is 2.58. The van der Waals surface area contributed by atoms with E-state index in [-0.39, 0.29) is 11.5 Å². The van der Waals surface area contributed by atoms with Crippen LogP contribution in [0, 0.1) is 0 Å². The molecule has 0 fully saturated rings. The van der Waals surface area contributed by atoms with Crippen molar-refractivity contribution < 1.29 is 17.9 Å². The summed E-state index contributed by atoms with van der Waals surface area (Å²) in [7, 11) is 1.66. The first kappa shape index (κ1) is 15.3. The summed E-state index contributed by atoms with van der Waals surface area (Å²) in [5, 5.41) is 1.95. The molecule has 3 rings (SSSR count). The van der Waals surface area contributed by atoms with E-state index in [1.165, 1.54) is 17.4 Å². The van der Waals surface area contributed by atoms with Crippen LogP contribution in [0.1, 0.15) is 16.6 Å². The third-order valence-electron chi connectivity index (χ3n) is 3.22. The van der Waals surface area contributed by atoms with E-state index in [1.54, 1.807) is 25.1 Å². The van der Waals surface area contributed by atoms with Crippen LogP contribution in [-0.2, 0) is 13.8 Å². The Bertz CT molecular complexity index is 989. The molecule has 0 atom stereocenters. The van der Waals surface area contributed by atoms with Crippen LogP contribution < -0.4 is 0 Å². The lowest BCUT2D eigenvalue weighted by Gasteiger charge is -2.04. The number of carbonyl (C=O) groups excluding carboxylic acids is 1. The van der Waals surface area contributed by atoms with Crippen molar-refractivity contribution >= 4 is 57.9 Å². The maximum atomic E-state index is 11.9. The van der Waals surface area contributed by atoms with E-state index < -0.39 is 15.0 Å². The van der Waals surface area contributed by atoms with Crippen molar-refractivity contribution in [2.45, 2.75) is 11.8 Å². The minimum absolute atomic E-state index is 0.0467. The first-order valence-corrected chi connectivity index (χ1v) is 9.61. The highest BCUT2D eigenvalue weighted by atomic mass is 35.7. The summed E-state index contributed by atoms with van der Waals surface area (Å²) in [4.78, 5) is 12.4. The van der Waals surface area contributed by atoms with Crippen molar-refractivity contribution in [3.63, 3.8) is 0 Å². The van der Waals surface area contributed by atoms with Gasteiger partial charge in [0.15, 0.2) is 0 Å². The van der Waals surface area contributed by atoms with Crippen LogP contribution in [-0.4, -0.2) is 21.0 Å². The summed E-state index contributed by atoms with van der Waals surface area (Å²) in [5.74, 6) is -0.414. The van der Waals surface area contributed by atoms with E-state index in [9.17, 15) is 13.2 Å². The molecule has 0 aliphatic heterocycles. The zero-order valence-electron chi connectivity index (χ0n) is 11.5. The van der Waals surface area contributed by atoms with Crippen LogP contribution in [0.3, 0.4) is 0 Å². The average molecular weight is 355 g/mol. The third-order valence-corrected chi connectivity index (χ3v) is 5.75. The largest absolute Gasteiger partial charge is 0.462 e. The maximum Gasteiger partial charge on any atom is 0.348 e. The molecule has 0 saturated heterocycles. The van der Waals surface area contributed by atoms with Gasteiger partial charge in [-0.05, 0) is 24.4 Å². The Morgan fingerprint density at radius 2 is 1.91 bits per heavy atom. The first-order chi connectivity index (χ1) is 10.4. The molecule has 0 aliphatic rings. The minimum atomic E-state index is -3.88. The molecule has 3 aromatic rings. The molecule has 0 spiro atoms. The van der Waals surface area contributed by atoms with Gasteiger partial charge in [-0.25, -0.2) is 13.2 Å². The fourth-order valence-corrected chi connectivity index (χ4v) is 4.51. The number of halogens is 1. The lowest BCUT2D eigenvalue weighted by atomic mass is 10.1. The molecule has 1 heterocycles. The summed E-state index contributed by atoms with van der Waals surface area (Å²) in [6.45, 7) is 2.02.